The van der Waals surface area contributed by atoms with Crippen molar-refractivity contribution in [3.63, 3.8) is 0 Å². The molecule has 0 aromatic heterocycles. The lowest BCUT2D eigenvalue weighted by atomic mass is 10.2. The average molecular weight is 218 g/mol. The van der Waals surface area contributed by atoms with E-state index in [-0.39, 0.29) is 12.0 Å². The van der Waals surface area contributed by atoms with E-state index < -0.39 is 0 Å². The molecular weight excluding hydrogens is 196 g/mol. The molecule has 5 heteroatoms. The number of esters is 1. The first-order valence-electron chi connectivity index (χ1n) is 5.15. The maximum absolute atomic E-state index is 11.0. The van der Waals surface area contributed by atoms with Gasteiger partial charge >= 0.3 is 5.97 Å². The van der Waals surface area contributed by atoms with Crippen LogP contribution in [0.25, 0.3) is 0 Å². The van der Waals surface area contributed by atoms with Crippen molar-refractivity contribution in [2.45, 2.75) is 19.4 Å². The van der Waals surface area contributed by atoms with Crippen LogP contribution < -0.4 is 5.73 Å². The predicted molar refractivity (Wildman–Crippen MR) is 58.6 cm³/mol. The summed E-state index contributed by atoms with van der Waals surface area (Å²) < 4.78 is 9.59. The number of methoxy groups -OCH3 is 2. The molecule has 0 aromatic rings. The molecule has 0 saturated carbocycles. The second kappa shape index (κ2) is 8.64. The summed E-state index contributed by atoms with van der Waals surface area (Å²) in [5.41, 5.74) is 5.58. The minimum atomic E-state index is -0.193. The first-order valence-corrected chi connectivity index (χ1v) is 5.15. The Morgan fingerprint density at radius 1 is 1.40 bits per heavy atom. The fourth-order valence-electron chi connectivity index (χ4n) is 1.25. The topological polar surface area (TPSA) is 64.8 Å². The normalized spacial score (nSPS) is 12.9. The van der Waals surface area contributed by atoms with Crippen LogP contribution in [0.3, 0.4) is 0 Å². The maximum atomic E-state index is 11.0. The van der Waals surface area contributed by atoms with E-state index in [1.807, 2.05) is 6.92 Å². The van der Waals surface area contributed by atoms with Gasteiger partial charge in [-0.3, -0.25) is 9.69 Å². The minimum Gasteiger partial charge on any atom is -0.469 e. The van der Waals surface area contributed by atoms with Crippen molar-refractivity contribution in [2.24, 2.45) is 5.73 Å². The first-order chi connectivity index (χ1) is 7.15. The van der Waals surface area contributed by atoms with Gasteiger partial charge in [-0.2, -0.15) is 0 Å². The Labute approximate surface area is 91.5 Å². The Kier molecular flexibility index (Phi) is 8.27. The minimum absolute atomic E-state index is 0.193. The molecule has 90 valence electrons. The van der Waals surface area contributed by atoms with Crippen LogP contribution in [0, 0.1) is 0 Å². The Balaban J connectivity index is 3.94. The molecule has 0 amide bonds. The third-order valence-corrected chi connectivity index (χ3v) is 2.38. The van der Waals surface area contributed by atoms with Crippen LogP contribution in [0.5, 0.6) is 0 Å². The van der Waals surface area contributed by atoms with Gasteiger partial charge in [0.15, 0.2) is 0 Å². The monoisotopic (exact) mass is 218 g/mol. The van der Waals surface area contributed by atoms with Crippen LogP contribution in [-0.4, -0.2) is 57.4 Å². The lowest BCUT2D eigenvalue weighted by Gasteiger charge is -2.27. The fraction of sp³-hybridized carbons (Fsp3) is 0.900. The maximum Gasteiger partial charge on any atom is 0.306 e. The van der Waals surface area contributed by atoms with E-state index in [1.165, 1.54) is 7.11 Å². The molecule has 0 aliphatic rings. The number of hydrogen-bond donors (Lipinski definition) is 1. The number of rotatable bonds is 8. The summed E-state index contributed by atoms with van der Waals surface area (Å²) in [4.78, 5) is 13.1. The zero-order valence-electron chi connectivity index (χ0n) is 9.86. The highest BCUT2D eigenvalue weighted by atomic mass is 16.5. The molecule has 0 heterocycles. The van der Waals surface area contributed by atoms with Gasteiger partial charge in [-0.15, -0.1) is 0 Å². The highest BCUT2D eigenvalue weighted by Gasteiger charge is 2.13. The second-order valence-electron chi connectivity index (χ2n) is 3.44. The Morgan fingerprint density at radius 2 is 2.07 bits per heavy atom. The van der Waals surface area contributed by atoms with Crippen molar-refractivity contribution in [3.8, 4) is 0 Å². The zero-order chi connectivity index (χ0) is 11.7. The van der Waals surface area contributed by atoms with Gasteiger partial charge in [-0.1, -0.05) is 0 Å². The third kappa shape index (κ3) is 6.43. The summed E-state index contributed by atoms with van der Waals surface area (Å²) in [6, 6.07) is 0.254. The molecule has 0 aliphatic carbocycles. The molecule has 5 nitrogen and oxygen atoms in total. The smallest absolute Gasteiger partial charge is 0.306 e. The summed E-state index contributed by atoms with van der Waals surface area (Å²) in [5.74, 6) is -0.193. The van der Waals surface area contributed by atoms with Crippen LogP contribution in [0.4, 0.5) is 0 Å². The number of hydrogen-bond acceptors (Lipinski definition) is 5. The van der Waals surface area contributed by atoms with Crippen LogP contribution in [0.15, 0.2) is 0 Å². The van der Waals surface area contributed by atoms with Gasteiger partial charge in [0, 0.05) is 32.8 Å². The summed E-state index contributed by atoms with van der Waals surface area (Å²) in [6.45, 7) is 4.70. The summed E-state index contributed by atoms with van der Waals surface area (Å²) in [5, 5.41) is 0. The van der Waals surface area contributed by atoms with Crippen LogP contribution in [0.1, 0.15) is 13.3 Å². The zero-order valence-corrected chi connectivity index (χ0v) is 9.86. The van der Waals surface area contributed by atoms with Crippen molar-refractivity contribution in [2.75, 3.05) is 40.5 Å². The van der Waals surface area contributed by atoms with Crippen molar-refractivity contribution >= 4 is 5.97 Å². The van der Waals surface area contributed by atoms with Gasteiger partial charge in [-0.25, -0.2) is 0 Å². The Hall–Kier alpha value is -0.650. The van der Waals surface area contributed by atoms with Crippen LogP contribution in [0.2, 0.25) is 0 Å². The molecule has 2 N–H and O–H groups in total. The standard InChI is InChI=1S/C10H22N2O3/c1-9(8-11)12(6-7-14-2)5-4-10(13)15-3/h9H,4-8,11H2,1-3H3. The van der Waals surface area contributed by atoms with E-state index >= 15 is 0 Å². The number of carbonyl (C=O) groups is 1. The van der Waals surface area contributed by atoms with Gasteiger partial charge in [-0.05, 0) is 6.92 Å². The SMILES string of the molecule is COCCN(CCC(=O)OC)C(C)CN. The predicted octanol–water partition coefficient (Wildman–Crippen LogP) is -0.155. The second-order valence-corrected chi connectivity index (χ2v) is 3.44. The van der Waals surface area contributed by atoms with Gasteiger partial charge in [0.2, 0.25) is 0 Å². The van der Waals surface area contributed by atoms with Crippen LogP contribution in [-0.2, 0) is 14.3 Å². The number of ether oxygens (including phenoxy) is 2. The van der Waals surface area contributed by atoms with E-state index in [4.69, 9.17) is 10.5 Å². The molecular formula is C10H22N2O3. The Morgan fingerprint density at radius 3 is 2.53 bits per heavy atom. The molecule has 0 bridgehead atoms. The van der Waals surface area contributed by atoms with Crippen molar-refractivity contribution in [3.05, 3.63) is 0 Å². The van der Waals surface area contributed by atoms with E-state index in [9.17, 15) is 4.79 Å². The molecule has 0 radical (unpaired) electrons. The van der Waals surface area contributed by atoms with Crippen LogP contribution >= 0.6 is 0 Å². The molecule has 0 fully saturated rings. The van der Waals surface area contributed by atoms with Crippen molar-refractivity contribution < 1.29 is 14.3 Å². The van der Waals surface area contributed by atoms with Gasteiger partial charge in [0.1, 0.15) is 0 Å². The van der Waals surface area contributed by atoms with E-state index in [0.29, 0.717) is 26.1 Å². The van der Waals surface area contributed by atoms with Gasteiger partial charge < -0.3 is 15.2 Å². The summed E-state index contributed by atoms with van der Waals surface area (Å²) >= 11 is 0. The third-order valence-electron chi connectivity index (χ3n) is 2.38. The molecule has 0 spiro atoms. The lowest BCUT2D eigenvalue weighted by Crippen LogP contribution is -2.41. The molecule has 0 saturated heterocycles. The molecule has 1 atom stereocenters. The highest BCUT2D eigenvalue weighted by molar-refractivity contribution is 5.69. The lowest BCUT2D eigenvalue weighted by molar-refractivity contribution is -0.141. The Bertz CT molecular complexity index is 176. The van der Waals surface area contributed by atoms with Crippen molar-refractivity contribution in [1.82, 2.24) is 4.90 Å². The number of nitrogens with two attached hydrogens (primary N) is 1. The average Bonchev–Trinajstić information content (AvgIpc) is 2.27. The van der Waals surface area contributed by atoms with E-state index in [0.717, 1.165) is 6.54 Å². The molecule has 0 aromatic carbocycles. The first kappa shape index (κ1) is 14.3. The molecule has 0 rings (SSSR count). The summed E-state index contributed by atoms with van der Waals surface area (Å²) in [6.07, 6.45) is 0.393. The highest BCUT2D eigenvalue weighted by Crippen LogP contribution is 2.00. The number of nitrogens with zero attached hydrogens (tertiary/aromatic N) is 1. The van der Waals surface area contributed by atoms with Gasteiger partial charge in [0.25, 0.3) is 0 Å². The summed E-state index contributed by atoms with van der Waals surface area (Å²) in [7, 11) is 3.06. The van der Waals surface area contributed by atoms with Crippen molar-refractivity contribution in [1.29, 1.82) is 0 Å². The van der Waals surface area contributed by atoms with E-state index in [1.54, 1.807) is 7.11 Å². The van der Waals surface area contributed by atoms with E-state index in [2.05, 4.69) is 9.64 Å². The molecule has 0 aliphatic heterocycles. The molecule has 1 unspecified atom stereocenters. The van der Waals surface area contributed by atoms with Gasteiger partial charge in [0.05, 0.1) is 20.1 Å². The molecule has 15 heavy (non-hydrogen) atoms. The largest absolute Gasteiger partial charge is 0.469 e. The fourth-order valence-corrected chi connectivity index (χ4v) is 1.25. The number of carbonyl (C=O) groups excluding carboxylic acids is 1. The quantitative estimate of drug-likeness (QED) is 0.574.